The summed E-state index contributed by atoms with van der Waals surface area (Å²) in [7, 11) is 0. The van der Waals surface area contributed by atoms with Crippen LogP contribution >= 0.6 is 11.8 Å². The molecule has 2 rings (SSSR count). The number of ether oxygens (including phenoxy) is 2. The molecule has 0 aliphatic carbocycles. The summed E-state index contributed by atoms with van der Waals surface area (Å²) in [6.07, 6.45) is 0. The van der Waals surface area contributed by atoms with Gasteiger partial charge in [0.05, 0.1) is 5.75 Å². The van der Waals surface area contributed by atoms with Crippen LogP contribution in [0.2, 0.25) is 0 Å². The number of carbonyl (C=O) groups is 2. The molecule has 0 fully saturated rings. The van der Waals surface area contributed by atoms with E-state index < -0.39 is 25.1 Å². The molecule has 8 heteroatoms. The maximum absolute atomic E-state index is 12.1. The molecule has 0 radical (unpaired) electrons. The predicted octanol–water partition coefficient (Wildman–Crippen LogP) is 4.18. The van der Waals surface area contributed by atoms with Crippen molar-refractivity contribution < 1.29 is 27.8 Å². The smallest absolute Gasteiger partial charge is 0.387 e. The molecule has 0 spiro atoms. The normalized spacial score (nSPS) is 10.6. The van der Waals surface area contributed by atoms with Crippen molar-refractivity contribution >= 4 is 29.3 Å². The minimum absolute atomic E-state index is 0.0159. The molecule has 0 heterocycles. The Hall–Kier alpha value is -2.61. The predicted molar refractivity (Wildman–Crippen MR) is 99.3 cm³/mol. The SMILES string of the molecule is Cc1ccc(SCC(=O)OCC(=O)Nc2ccc(OC(F)F)cc2)c(C)c1. The van der Waals surface area contributed by atoms with Gasteiger partial charge in [0.15, 0.2) is 6.61 Å². The highest BCUT2D eigenvalue weighted by Gasteiger charge is 2.10. The van der Waals surface area contributed by atoms with E-state index in [2.05, 4.69) is 10.1 Å². The number of hydrogen-bond donors (Lipinski definition) is 1. The molecule has 0 saturated carbocycles. The fourth-order valence-electron chi connectivity index (χ4n) is 2.20. The quantitative estimate of drug-likeness (QED) is 0.537. The third-order valence-electron chi connectivity index (χ3n) is 3.40. The Kier molecular flexibility index (Phi) is 7.60. The number of nitrogens with one attached hydrogen (secondary N) is 1. The third kappa shape index (κ3) is 7.26. The number of esters is 1. The van der Waals surface area contributed by atoms with Crippen LogP contribution in [0, 0.1) is 13.8 Å². The first-order valence-electron chi connectivity index (χ1n) is 8.04. The molecule has 1 amide bonds. The highest BCUT2D eigenvalue weighted by atomic mass is 32.2. The lowest BCUT2D eigenvalue weighted by molar-refractivity contribution is -0.144. The molecule has 144 valence electrons. The molecule has 0 bridgehead atoms. The zero-order valence-corrected chi connectivity index (χ0v) is 15.6. The monoisotopic (exact) mass is 395 g/mol. The van der Waals surface area contributed by atoms with Gasteiger partial charge >= 0.3 is 12.6 Å². The number of rotatable bonds is 8. The molecule has 27 heavy (non-hydrogen) atoms. The lowest BCUT2D eigenvalue weighted by Gasteiger charge is -2.09. The number of carbonyl (C=O) groups excluding carboxylic acids is 2. The second-order valence-electron chi connectivity index (χ2n) is 5.67. The van der Waals surface area contributed by atoms with E-state index in [0.29, 0.717) is 5.69 Å². The minimum Gasteiger partial charge on any atom is -0.455 e. The van der Waals surface area contributed by atoms with Gasteiger partial charge in [0.1, 0.15) is 5.75 Å². The molecule has 2 aromatic carbocycles. The van der Waals surface area contributed by atoms with Gasteiger partial charge in [0, 0.05) is 10.6 Å². The summed E-state index contributed by atoms with van der Waals surface area (Å²) in [5.41, 5.74) is 2.59. The highest BCUT2D eigenvalue weighted by molar-refractivity contribution is 8.00. The average molecular weight is 395 g/mol. The molecule has 1 N–H and O–H groups in total. The summed E-state index contributed by atoms with van der Waals surface area (Å²) in [6, 6.07) is 11.4. The number of hydrogen-bond acceptors (Lipinski definition) is 5. The topological polar surface area (TPSA) is 64.6 Å². The fourth-order valence-corrected chi connectivity index (χ4v) is 3.01. The van der Waals surface area contributed by atoms with E-state index >= 15 is 0 Å². The van der Waals surface area contributed by atoms with Gasteiger partial charge in [-0.05, 0) is 49.7 Å². The Bertz CT molecular complexity index is 797. The Morgan fingerprint density at radius 3 is 2.44 bits per heavy atom. The van der Waals surface area contributed by atoms with Gasteiger partial charge in [-0.15, -0.1) is 11.8 Å². The standard InChI is InChI=1S/C19H19F2NO4S/c1-12-3-8-16(13(2)9-12)27-11-18(24)25-10-17(23)22-14-4-6-15(7-5-14)26-19(20)21/h3-9,19H,10-11H2,1-2H3,(H,22,23). The summed E-state index contributed by atoms with van der Waals surface area (Å²) in [5.74, 6) is -0.951. The highest BCUT2D eigenvalue weighted by Crippen LogP contribution is 2.23. The van der Waals surface area contributed by atoms with Gasteiger partial charge < -0.3 is 14.8 Å². The van der Waals surface area contributed by atoms with Crippen molar-refractivity contribution in [2.75, 3.05) is 17.7 Å². The van der Waals surface area contributed by atoms with Crippen molar-refractivity contribution in [1.29, 1.82) is 0 Å². The first kappa shape index (κ1) is 20.7. The Labute approximate surface area is 160 Å². The molecule has 5 nitrogen and oxygen atoms in total. The van der Waals surface area contributed by atoms with Crippen LogP contribution in [0.3, 0.4) is 0 Å². The molecule has 0 aliphatic heterocycles. The van der Waals surface area contributed by atoms with Gasteiger partial charge in [-0.25, -0.2) is 0 Å². The molecule has 2 aromatic rings. The molecule has 0 unspecified atom stereocenters. The van der Waals surface area contributed by atoms with Crippen LogP contribution in [-0.4, -0.2) is 30.8 Å². The van der Waals surface area contributed by atoms with Crippen LogP contribution in [-0.2, 0) is 14.3 Å². The number of benzene rings is 2. The number of halogens is 2. The fraction of sp³-hybridized carbons (Fsp3) is 0.263. The van der Waals surface area contributed by atoms with Gasteiger partial charge in [-0.2, -0.15) is 8.78 Å². The van der Waals surface area contributed by atoms with E-state index in [1.807, 2.05) is 32.0 Å². The number of aryl methyl sites for hydroxylation is 2. The summed E-state index contributed by atoms with van der Waals surface area (Å²) in [5, 5.41) is 2.50. The number of thioether (sulfide) groups is 1. The van der Waals surface area contributed by atoms with Crippen LogP contribution in [0.1, 0.15) is 11.1 Å². The van der Waals surface area contributed by atoms with Crippen molar-refractivity contribution in [1.82, 2.24) is 0 Å². The van der Waals surface area contributed by atoms with Crippen LogP contribution in [0.25, 0.3) is 0 Å². The van der Waals surface area contributed by atoms with Crippen LogP contribution in [0.15, 0.2) is 47.4 Å². The zero-order valence-electron chi connectivity index (χ0n) is 14.8. The third-order valence-corrected chi connectivity index (χ3v) is 4.55. The molecule has 0 atom stereocenters. The number of anilines is 1. The second-order valence-corrected chi connectivity index (χ2v) is 6.69. The average Bonchev–Trinajstić information content (AvgIpc) is 2.60. The molecule has 0 aromatic heterocycles. The van der Waals surface area contributed by atoms with E-state index in [4.69, 9.17) is 4.74 Å². The van der Waals surface area contributed by atoms with Crippen LogP contribution in [0.5, 0.6) is 5.75 Å². The zero-order chi connectivity index (χ0) is 19.8. The lowest BCUT2D eigenvalue weighted by atomic mass is 10.2. The first-order valence-corrected chi connectivity index (χ1v) is 9.02. The summed E-state index contributed by atoms with van der Waals surface area (Å²) >= 11 is 1.34. The summed E-state index contributed by atoms with van der Waals surface area (Å²) in [6.45, 7) is 0.618. The lowest BCUT2D eigenvalue weighted by Crippen LogP contribution is -2.21. The Balaban J connectivity index is 1.73. The second kappa shape index (κ2) is 9.91. The van der Waals surface area contributed by atoms with Gasteiger partial charge in [0.2, 0.25) is 0 Å². The Morgan fingerprint density at radius 1 is 1.11 bits per heavy atom. The largest absolute Gasteiger partial charge is 0.455 e. The maximum Gasteiger partial charge on any atom is 0.387 e. The van der Waals surface area contributed by atoms with Crippen LogP contribution < -0.4 is 10.1 Å². The van der Waals surface area contributed by atoms with E-state index in [1.54, 1.807) is 0 Å². The van der Waals surface area contributed by atoms with Crippen LogP contribution in [0.4, 0.5) is 14.5 Å². The maximum atomic E-state index is 12.1. The van der Waals surface area contributed by atoms with Crippen molar-refractivity contribution in [2.24, 2.45) is 0 Å². The molecular weight excluding hydrogens is 376 g/mol. The van der Waals surface area contributed by atoms with Crippen molar-refractivity contribution in [3.05, 3.63) is 53.6 Å². The molecular formula is C19H19F2NO4S. The first-order chi connectivity index (χ1) is 12.8. The summed E-state index contributed by atoms with van der Waals surface area (Å²) < 4.78 is 33.3. The number of amides is 1. The minimum atomic E-state index is -2.91. The van der Waals surface area contributed by atoms with Crippen molar-refractivity contribution in [3.63, 3.8) is 0 Å². The number of alkyl halides is 2. The summed E-state index contributed by atoms with van der Waals surface area (Å²) in [4.78, 5) is 24.6. The van der Waals surface area contributed by atoms with Gasteiger partial charge in [-0.3, -0.25) is 9.59 Å². The van der Waals surface area contributed by atoms with Crippen molar-refractivity contribution in [2.45, 2.75) is 25.4 Å². The van der Waals surface area contributed by atoms with E-state index in [-0.39, 0.29) is 11.5 Å². The van der Waals surface area contributed by atoms with E-state index in [0.717, 1.165) is 16.0 Å². The van der Waals surface area contributed by atoms with E-state index in [1.165, 1.54) is 36.0 Å². The molecule has 0 aliphatic rings. The molecule has 0 saturated heterocycles. The van der Waals surface area contributed by atoms with Crippen molar-refractivity contribution in [3.8, 4) is 5.75 Å². The Morgan fingerprint density at radius 2 is 1.81 bits per heavy atom. The van der Waals surface area contributed by atoms with Gasteiger partial charge in [-0.1, -0.05) is 17.7 Å². The van der Waals surface area contributed by atoms with E-state index in [9.17, 15) is 18.4 Å². The van der Waals surface area contributed by atoms with Gasteiger partial charge in [0.25, 0.3) is 5.91 Å².